The number of halogens is 2. The van der Waals surface area contributed by atoms with Gasteiger partial charge in [-0.15, -0.1) is 0 Å². The first-order valence-corrected chi connectivity index (χ1v) is 11.5. The van der Waals surface area contributed by atoms with Crippen LogP contribution >= 0.6 is 0 Å². The van der Waals surface area contributed by atoms with Gasteiger partial charge >= 0.3 is 168 Å². The van der Waals surface area contributed by atoms with Gasteiger partial charge < -0.3 is 24.8 Å². The Labute approximate surface area is 191 Å². The second-order valence-electron chi connectivity index (χ2n) is 9.48. The van der Waals surface area contributed by atoms with Gasteiger partial charge in [-0.2, -0.15) is 0 Å². The first-order chi connectivity index (χ1) is 11.3. The Kier molecular flexibility index (Phi) is 9.63. The normalized spacial score (nSPS) is 17.3. The molecule has 0 saturated carbocycles. The number of benzene rings is 1. The van der Waals surface area contributed by atoms with Crippen molar-refractivity contribution in [1.29, 1.82) is 0 Å². The van der Waals surface area contributed by atoms with Gasteiger partial charge in [-0.25, -0.2) is 0 Å². The Morgan fingerprint density at radius 2 is 1.41 bits per heavy atom. The zero-order chi connectivity index (χ0) is 19.2. The maximum absolute atomic E-state index is 6.54. The van der Waals surface area contributed by atoms with Crippen LogP contribution in [0.2, 0.25) is 0 Å². The van der Waals surface area contributed by atoms with E-state index < -0.39 is 23.7 Å². The van der Waals surface area contributed by atoms with E-state index in [0.717, 1.165) is 5.75 Å². The summed E-state index contributed by atoms with van der Waals surface area (Å²) in [5.74, 6) is 1.67. The summed E-state index contributed by atoms with van der Waals surface area (Å²) in [6.45, 7) is 22.8. The molecule has 0 aliphatic heterocycles. The van der Waals surface area contributed by atoms with Crippen molar-refractivity contribution in [2.24, 2.45) is 5.92 Å². The van der Waals surface area contributed by atoms with E-state index in [1.54, 1.807) is 3.28 Å². The van der Waals surface area contributed by atoms with Crippen molar-refractivity contribution in [3.8, 4) is 5.75 Å². The van der Waals surface area contributed by atoms with Gasteiger partial charge in [0.15, 0.2) is 0 Å². The molecule has 0 bridgehead atoms. The summed E-state index contributed by atoms with van der Waals surface area (Å²) in [7, 11) is 0. The SMILES string of the molecule is CC1=C(C)C(C)[C]([Zr+2][O]c2ccc(C(C)(C)C)cc2C(C)(C)C)=C1C.[Cl-].[Cl-]. The van der Waals surface area contributed by atoms with Crippen molar-refractivity contribution >= 4 is 0 Å². The molecule has 1 aromatic carbocycles. The molecule has 1 aliphatic carbocycles. The van der Waals surface area contributed by atoms with Crippen LogP contribution in [0.3, 0.4) is 0 Å². The van der Waals surface area contributed by atoms with E-state index in [1.165, 1.54) is 27.8 Å². The van der Waals surface area contributed by atoms with E-state index in [2.05, 4.69) is 87.4 Å². The van der Waals surface area contributed by atoms with Gasteiger partial charge in [-0.05, 0) is 0 Å². The smallest absolute Gasteiger partial charge is 1.00 e. The average Bonchev–Trinajstić information content (AvgIpc) is 2.67. The topological polar surface area (TPSA) is 9.23 Å². The molecule has 27 heavy (non-hydrogen) atoms. The van der Waals surface area contributed by atoms with E-state index in [9.17, 15) is 0 Å². The minimum Gasteiger partial charge on any atom is -1.00 e. The number of rotatable bonds is 3. The average molecular weight is 489 g/mol. The third-order valence-corrected chi connectivity index (χ3v) is 8.88. The van der Waals surface area contributed by atoms with Crippen molar-refractivity contribution in [3.05, 3.63) is 49.3 Å². The van der Waals surface area contributed by atoms with Crippen LogP contribution in [0.15, 0.2) is 38.2 Å². The fraction of sp³-hybridized carbons (Fsp3) is 0.565. The van der Waals surface area contributed by atoms with E-state index >= 15 is 0 Å². The zero-order valence-electron chi connectivity index (χ0n) is 18.5. The van der Waals surface area contributed by atoms with Gasteiger partial charge in [0.1, 0.15) is 0 Å². The summed E-state index contributed by atoms with van der Waals surface area (Å²) >= 11 is -1.08. The molecular formula is C23H34Cl2OZr. The quantitative estimate of drug-likeness (QED) is 0.615. The maximum Gasteiger partial charge on any atom is -1.00 e. The van der Waals surface area contributed by atoms with Gasteiger partial charge in [-0.3, -0.25) is 0 Å². The summed E-state index contributed by atoms with van der Waals surface area (Å²) in [5, 5.41) is 0. The molecule has 1 unspecified atom stereocenters. The molecule has 0 N–H and O–H groups in total. The zero-order valence-corrected chi connectivity index (χ0v) is 22.4. The molecule has 1 aromatic rings. The summed E-state index contributed by atoms with van der Waals surface area (Å²) in [6.07, 6.45) is 0. The molecule has 0 heterocycles. The Morgan fingerprint density at radius 3 is 1.81 bits per heavy atom. The standard InChI is InChI=1S/C14H22O.C9H13.2ClH.Zr/c1-13(2,3)10-7-8-12(15)11(9-10)14(4,5)6;1-6-5-7(2)9(4)8(6)3;;;/h7-9,15H,1-6H3;6H,1-4H3;2*1H;/q;;;;+3/p-3. The predicted octanol–water partition coefficient (Wildman–Crippen LogP) is 0.926. The van der Waals surface area contributed by atoms with Crippen LogP contribution in [-0.2, 0) is 34.5 Å². The van der Waals surface area contributed by atoms with Gasteiger partial charge in [0.25, 0.3) is 0 Å². The first-order valence-electron chi connectivity index (χ1n) is 9.30. The van der Waals surface area contributed by atoms with E-state index in [-0.39, 0.29) is 35.6 Å². The Bertz CT molecular complexity index is 734. The van der Waals surface area contributed by atoms with Crippen LogP contribution < -0.4 is 27.6 Å². The van der Waals surface area contributed by atoms with Gasteiger partial charge in [0.05, 0.1) is 0 Å². The van der Waals surface area contributed by atoms with Crippen LogP contribution in [0.1, 0.15) is 80.4 Å². The molecule has 0 amide bonds. The van der Waals surface area contributed by atoms with Crippen LogP contribution in [0.5, 0.6) is 5.75 Å². The fourth-order valence-electron chi connectivity index (χ4n) is 3.31. The van der Waals surface area contributed by atoms with Crippen LogP contribution in [0, 0.1) is 5.92 Å². The largest absolute Gasteiger partial charge is 1.00 e. The molecule has 0 spiro atoms. The molecule has 0 aromatic heterocycles. The molecule has 0 radical (unpaired) electrons. The fourth-order valence-corrected chi connectivity index (χ4v) is 6.09. The summed E-state index contributed by atoms with van der Waals surface area (Å²) in [6, 6.07) is 6.82. The van der Waals surface area contributed by atoms with Gasteiger partial charge in [0.2, 0.25) is 0 Å². The van der Waals surface area contributed by atoms with Gasteiger partial charge in [-0.1, -0.05) is 0 Å². The molecule has 150 valence electrons. The van der Waals surface area contributed by atoms with E-state index in [0.29, 0.717) is 5.92 Å². The molecular weight excluding hydrogens is 454 g/mol. The third-order valence-electron chi connectivity index (χ3n) is 5.57. The van der Waals surface area contributed by atoms with E-state index in [1.807, 2.05) is 0 Å². The molecule has 1 atom stereocenters. The molecule has 1 aliphatic rings. The molecule has 0 saturated heterocycles. The second kappa shape index (κ2) is 9.64. The summed E-state index contributed by atoms with van der Waals surface area (Å²) in [5.41, 5.74) is 7.46. The maximum atomic E-state index is 6.54. The molecule has 4 heteroatoms. The minimum atomic E-state index is -1.08. The van der Waals surface area contributed by atoms with Crippen molar-refractivity contribution in [1.82, 2.24) is 0 Å². The van der Waals surface area contributed by atoms with Crippen LogP contribution in [-0.4, -0.2) is 0 Å². The van der Waals surface area contributed by atoms with Gasteiger partial charge in [0, 0.05) is 0 Å². The first kappa shape index (κ1) is 27.0. The Morgan fingerprint density at radius 1 is 0.852 bits per heavy atom. The third kappa shape index (κ3) is 5.97. The number of hydrogen-bond donors (Lipinski definition) is 0. The van der Waals surface area contributed by atoms with Crippen molar-refractivity contribution in [2.75, 3.05) is 0 Å². The molecule has 2 rings (SSSR count). The monoisotopic (exact) mass is 486 g/mol. The minimum absolute atomic E-state index is 0. The summed E-state index contributed by atoms with van der Waals surface area (Å²) in [4.78, 5) is 0. The predicted molar refractivity (Wildman–Crippen MR) is 105 cm³/mol. The molecule has 0 fully saturated rings. The Balaban J connectivity index is 0.00000338. The van der Waals surface area contributed by atoms with Crippen molar-refractivity contribution in [2.45, 2.75) is 80.1 Å². The number of allylic oxidation sites excluding steroid dienone is 4. The Hall–Kier alpha value is -0.0369. The number of hydrogen-bond acceptors (Lipinski definition) is 1. The van der Waals surface area contributed by atoms with E-state index in [4.69, 9.17) is 2.81 Å². The van der Waals surface area contributed by atoms with Crippen LogP contribution in [0.4, 0.5) is 0 Å². The molecule has 1 nitrogen and oxygen atoms in total. The second-order valence-corrected chi connectivity index (χ2v) is 11.8. The van der Waals surface area contributed by atoms with Crippen molar-refractivity contribution in [3.63, 3.8) is 0 Å². The van der Waals surface area contributed by atoms with Crippen molar-refractivity contribution < 1.29 is 51.3 Å². The summed E-state index contributed by atoms with van der Waals surface area (Å²) < 4.78 is 8.13. The van der Waals surface area contributed by atoms with Crippen LogP contribution in [0.25, 0.3) is 0 Å².